The van der Waals surface area contributed by atoms with Crippen molar-refractivity contribution in [2.45, 2.75) is 76.4 Å². The van der Waals surface area contributed by atoms with Gasteiger partial charge >= 0.3 is 0 Å². The molecule has 2 nitrogen and oxygen atoms in total. The lowest BCUT2D eigenvalue weighted by Gasteiger charge is -2.22. The maximum atomic E-state index is 9.66. The first-order valence-corrected chi connectivity index (χ1v) is 10.1. The molecule has 0 spiro atoms. The van der Waals surface area contributed by atoms with Gasteiger partial charge in [-0.15, -0.1) is 46.4 Å². The van der Waals surface area contributed by atoms with Crippen LogP contribution in [0, 0.1) is 0 Å². The third-order valence-corrected chi connectivity index (χ3v) is 4.46. The molecule has 0 radical (unpaired) electrons. The van der Waals surface area contributed by atoms with Crippen molar-refractivity contribution in [2.75, 3.05) is 23.5 Å². The van der Waals surface area contributed by atoms with E-state index in [0.29, 0.717) is 23.5 Å². The Bertz CT molecular complexity index is 192. The summed E-state index contributed by atoms with van der Waals surface area (Å²) in [6, 6.07) is 0. The zero-order chi connectivity index (χ0) is 17.5. The number of rotatable bonds is 12. The summed E-state index contributed by atoms with van der Waals surface area (Å²) in [6.45, 7) is 3.68. The van der Waals surface area contributed by atoms with Gasteiger partial charge in [0.1, 0.15) is 0 Å². The Labute approximate surface area is 156 Å². The molecule has 22 heavy (non-hydrogen) atoms. The molecule has 0 heterocycles. The van der Waals surface area contributed by atoms with E-state index in [4.69, 9.17) is 46.4 Å². The molecule has 0 saturated carbocycles. The number of halogens is 4. The molecule has 136 valence electrons. The van der Waals surface area contributed by atoms with E-state index in [0.717, 1.165) is 51.4 Å². The molecule has 0 aliphatic heterocycles. The summed E-state index contributed by atoms with van der Waals surface area (Å²) in [4.78, 5) is 0. The van der Waals surface area contributed by atoms with Gasteiger partial charge in [0.2, 0.25) is 0 Å². The Hall–Kier alpha value is 1.08. The predicted octanol–water partition coefficient (Wildman–Crippen LogP) is 5.55. The number of aliphatic hydroxyl groups is 2. The van der Waals surface area contributed by atoms with Crippen LogP contribution in [0.5, 0.6) is 0 Å². The molecule has 0 atom stereocenters. The third kappa shape index (κ3) is 19.1. The monoisotopic (exact) mass is 396 g/mol. The summed E-state index contributed by atoms with van der Waals surface area (Å²) in [5.41, 5.74) is -1.13. The molecule has 0 aromatic heterocycles. The smallest absolute Gasteiger partial charge is 0.0620 e. The molecular formula is C16H32Cl4O2. The van der Waals surface area contributed by atoms with Gasteiger partial charge in [-0.1, -0.05) is 0 Å². The second-order valence-corrected chi connectivity index (χ2v) is 7.68. The molecule has 0 aliphatic carbocycles. The number of alkyl halides is 4. The van der Waals surface area contributed by atoms with Crippen molar-refractivity contribution in [3.8, 4) is 0 Å². The number of hydrogen-bond donors (Lipinski definition) is 2. The molecule has 0 fully saturated rings. The first-order chi connectivity index (χ1) is 10.2. The van der Waals surface area contributed by atoms with Crippen LogP contribution >= 0.6 is 46.4 Å². The van der Waals surface area contributed by atoms with E-state index in [9.17, 15) is 10.2 Å². The lowest BCUT2D eigenvalue weighted by atomic mass is 9.95. The molecule has 0 saturated heterocycles. The van der Waals surface area contributed by atoms with Crippen LogP contribution in [0.3, 0.4) is 0 Å². The van der Waals surface area contributed by atoms with Crippen LogP contribution < -0.4 is 0 Å². The maximum absolute atomic E-state index is 9.66. The van der Waals surface area contributed by atoms with Gasteiger partial charge in [-0.3, -0.25) is 0 Å². The largest absolute Gasteiger partial charge is 0.390 e. The molecule has 0 bridgehead atoms. The first-order valence-electron chi connectivity index (χ1n) is 7.93. The maximum Gasteiger partial charge on any atom is 0.0620 e. The Morgan fingerprint density at radius 1 is 0.545 bits per heavy atom. The van der Waals surface area contributed by atoms with E-state index < -0.39 is 11.2 Å². The van der Waals surface area contributed by atoms with Crippen molar-refractivity contribution in [2.24, 2.45) is 0 Å². The zero-order valence-corrected chi connectivity index (χ0v) is 16.9. The minimum Gasteiger partial charge on any atom is -0.390 e. The topological polar surface area (TPSA) is 40.5 Å². The van der Waals surface area contributed by atoms with Gasteiger partial charge in [0.05, 0.1) is 11.2 Å². The van der Waals surface area contributed by atoms with Crippen LogP contribution in [0.4, 0.5) is 0 Å². The second-order valence-electron chi connectivity index (χ2n) is 6.16. The highest BCUT2D eigenvalue weighted by Gasteiger charge is 2.18. The Balaban J connectivity index is 0. The zero-order valence-electron chi connectivity index (χ0n) is 13.9. The Morgan fingerprint density at radius 3 is 0.864 bits per heavy atom. The Morgan fingerprint density at radius 2 is 0.727 bits per heavy atom. The molecule has 0 rings (SSSR count). The predicted molar refractivity (Wildman–Crippen MR) is 101 cm³/mol. The highest BCUT2D eigenvalue weighted by atomic mass is 35.5. The summed E-state index contributed by atoms with van der Waals surface area (Å²) in [6.07, 6.45) is 6.57. The van der Waals surface area contributed by atoms with Crippen molar-refractivity contribution in [1.82, 2.24) is 0 Å². The van der Waals surface area contributed by atoms with Crippen molar-refractivity contribution in [3.05, 3.63) is 0 Å². The molecule has 0 aromatic carbocycles. The average molecular weight is 398 g/mol. The van der Waals surface area contributed by atoms with Crippen LogP contribution in [-0.4, -0.2) is 44.9 Å². The van der Waals surface area contributed by atoms with E-state index in [1.807, 2.05) is 13.8 Å². The van der Waals surface area contributed by atoms with Crippen molar-refractivity contribution < 1.29 is 10.2 Å². The van der Waals surface area contributed by atoms with Crippen molar-refractivity contribution in [1.29, 1.82) is 0 Å². The number of hydrogen-bond acceptors (Lipinski definition) is 2. The van der Waals surface area contributed by atoms with Gasteiger partial charge in [-0.2, -0.15) is 0 Å². The molecule has 0 amide bonds. The highest BCUT2D eigenvalue weighted by molar-refractivity contribution is 6.18. The average Bonchev–Trinajstić information content (AvgIpc) is 2.48. The Kier molecular flexibility index (Phi) is 18.0. The molecule has 6 heteroatoms. The molecule has 0 unspecified atom stereocenters. The van der Waals surface area contributed by atoms with E-state index in [1.165, 1.54) is 0 Å². The summed E-state index contributed by atoms with van der Waals surface area (Å²) in [5.74, 6) is 2.49. The minimum absolute atomic E-state index is 0.566. The van der Waals surface area contributed by atoms with Crippen molar-refractivity contribution in [3.63, 3.8) is 0 Å². The van der Waals surface area contributed by atoms with E-state index in [2.05, 4.69) is 0 Å². The van der Waals surface area contributed by atoms with Gasteiger partial charge in [0, 0.05) is 23.5 Å². The fourth-order valence-corrected chi connectivity index (χ4v) is 2.58. The van der Waals surface area contributed by atoms with Gasteiger partial charge < -0.3 is 10.2 Å². The molecule has 0 aliphatic rings. The van der Waals surface area contributed by atoms with Crippen LogP contribution in [0.1, 0.15) is 65.2 Å². The quantitative estimate of drug-likeness (QED) is 0.423. The lowest BCUT2D eigenvalue weighted by Crippen LogP contribution is -2.24. The standard InChI is InChI=1S/2C8H16Cl2O/c2*1-8(11,4-2-6-9)5-3-7-10/h2*11H,2-7H2,1H3. The minimum atomic E-state index is -0.566. The van der Waals surface area contributed by atoms with E-state index in [-0.39, 0.29) is 0 Å². The van der Waals surface area contributed by atoms with Crippen LogP contribution in [0.15, 0.2) is 0 Å². The molecular weight excluding hydrogens is 366 g/mol. The fourth-order valence-electron chi connectivity index (χ4n) is 2.04. The third-order valence-electron chi connectivity index (χ3n) is 3.40. The second kappa shape index (κ2) is 15.6. The van der Waals surface area contributed by atoms with Crippen LogP contribution in [0.2, 0.25) is 0 Å². The van der Waals surface area contributed by atoms with E-state index >= 15 is 0 Å². The summed E-state index contributed by atoms with van der Waals surface area (Å²) in [5, 5.41) is 19.3. The summed E-state index contributed by atoms with van der Waals surface area (Å²) >= 11 is 22.0. The van der Waals surface area contributed by atoms with Gasteiger partial charge in [0.15, 0.2) is 0 Å². The van der Waals surface area contributed by atoms with Gasteiger partial charge in [-0.05, 0) is 65.2 Å². The summed E-state index contributed by atoms with van der Waals surface area (Å²) in [7, 11) is 0. The SMILES string of the molecule is CC(O)(CCCCl)CCCCl.CC(O)(CCCCl)CCCCl. The summed E-state index contributed by atoms with van der Waals surface area (Å²) < 4.78 is 0. The first kappa shape index (κ1) is 25.3. The van der Waals surface area contributed by atoms with Crippen LogP contribution in [-0.2, 0) is 0 Å². The highest BCUT2D eigenvalue weighted by Crippen LogP contribution is 2.19. The van der Waals surface area contributed by atoms with Crippen molar-refractivity contribution >= 4 is 46.4 Å². The normalized spacial score (nSPS) is 12.0. The van der Waals surface area contributed by atoms with Gasteiger partial charge in [-0.25, -0.2) is 0 Å². The fraction of sp³-hybridized carbons (Fsp3) is 1.00. The molecule has 2 N–H and O–H groups in total. The van der Waals surface area contributed by atoms with Crippen LogP contribution in [0.25, 0.3) is 0 Å². The lowest BCUT2D eigenvalue weighted by molar-refractivity contribution is 0.0404. The molecule has 0 aromatic rings. The van der Waals surface area contributed by atoms with E-state index in [1.54, 1.807) is 0 Å². The van der Waals surface area contributed by atoms with Gasteiger partial charge in [0.25, 0.3) is 0 Å².